The number of carbonyl (C=O) groups excluding carboxylic acids is 1. The lowest BCUT2D eigenvalue weighted by Crippen LogP contribution is -2.36. The van der Waals surface area contributed by atoms with Crippen LogP contribution >= 0.6 is 0 Å². The summed E-state index contributed by atoms with van der Waals surface area (Å²) in [4.78, 5) is 11.2. The highest BCUT2D eigenvalue weighted by Crippen LogP contribution is 2.13. The molecule has 0 aliphatic heterocycles. The third kappa shape index (κ3) is 19.5. The second kappa shape index (κ2) is 13.1. The molecule has 0 fully saturated rings. The van der Waals surface area contributed by atoms with Crippen LogP contribution in [0.5, 0.6) is 0 Å². The van der Waals surface area contributed by atoms with Crippen LogP contribution in [0, 0.1) is 5.92 Å². The fraction of sp³-hybridized carbons (Fsp3) is 0.929. The Kier molecular flexibility index (Phi) is 14.1. The van der Waals surface area contributed by atoms with Crippen LogP contribution < -0.4 is 5.32 Å². The Morgan fingerprint density at radius 3 is 2.15 bits per heavy atom. The van der Waals surface area contributed by atoms with E-state index in [9.17, 15) is 4.79 Å². The Labute approximate surface area is 122 Å². The van der Waals surface area contributed by atoms with Crippen molar-refractivity contribution in [2.24, 2.45) is 5.92 Å². The van der Waals surface area contributed by atoms with Gasteiger partial charge in [-0.05, 0) is 19.8 Å². The van der Waals surface area contributed by atoms with Crippen LogP contribution in [-0.2, 0) is 9.47 Å². The quantitative estimate of drug-likeness (QED) is 0.591. The number of alkyl carbamates (subject to hydrolysis) is 1. The maximum Gasteiger partial charge on any atom is 0.407 e. The molecule has 0 aromatic rings. The van der Waals surface area contributed by atoms with E-state index >= 15 is 0 Å². The lowest BCUT2D eigenvalue weighted by molar-refractivity contribution is 0.0192. The van der Waals surface area contributed by atoms with Crippen molar-refractivity contribution < 1.29 is 24.5 Å². The molecule has 0 aromatic carbocycles. The molecule has 20 heavy (non-hydrogen) atoms. The van der Waals surface area contributed by atoms with Crippen LogP contribution in [0.15, 0.2) is 0 Å². The zero-order valence-corrected chi connectivity index (χ0v) is 13.4. The van der Waals surface area contributed by atoms with E-state index in [0.717, 1.165) is 5.92 Å². The first-order valence-corrected chi connectivity index (χ1v) is 7.01. The molecule has 0 radical (unpaired) electrons. The van der Waals surface area contributed by atoms with E-state index in [1.807, 2.05) is 0 Å². The smallest absolute Gasteiger partial charge is 0.407 e. The molecule has 0 aromatic heterocycles. The first kappa shape index (κ1) is 21.4. The maximum absolute atomic E-state index is 11.2. The molecule has 3 N–H and O–H groups in total. The Morgan fingerprint density at radius 2 is 1.70 bits per heavy atom. The van der Waals surface area contributed by atoms with Crippen molar-refractivity contribution >= 4 is 6.09 Å². The molecule has 0 saturated carbocycles. The predicted molar refractivity (Wildman–Crippen MR) is 78.7 cm³/mol. The Balaban J connectivity index is 0. The zero-order valence-electron chi connectivity index (χ0n) is 13.4. The van der Waals surface area contributed by atoms with E-state index < -0.39 is 11.7 Å². The summed E-state index contributed by atoms with van der Waals surface area (Å²) in [5.74, 6) is 0.833. The van der Waals surface area contributed by atoms with Gasteiger partial charge in [0.25, 0.3) is 0 Å². The molecular formula is C14H31NO5. The highest BCUT2D eigenvalue weighted by atomic mass is 16.6. The minimum absolute atomic E-state index is 0.0279. The number of aliphatic hydroxyl groups excluding tert-OH is 2. The van der Waals surface area contributed by atoms with Gasteiger partial charge in [0.05, 0.1) is 19.8 Å². The van der Waals surface area contributed by atoms with Crippen LogP contribution in [0.3, 0.4) is 0 Å². The Hall–Kier alpha value is -0.850. The van der Waals surface area contributed by atoms with Crippen LogP contribution in [0.2, 0.25) is 0 Å². The number of hydrogen-bond donors (Lipinski definition) is 3. The predicted octanol–water partition coefficient (Wildman–Crippen LogP) is 1.54. The van der Waals surface area contributed by atoms with E-state index in [-0.39, 0.29) is 19.8 Å². The lowest BCUT2D eigenvalue weighted by atomic mass is 10.1. The largest absolute Gasteiger partial charge is 0.443 e. The summed E-state index contributed by atoms with van der Waals surface area (Å²) < 4.78 is 10.0. The van der Waals surface area contributed by atoms with Gasteiger partial charge in [0.2, 0.25) is 0 Å². The molecule has 0 aliphatic rings. The molecule has 0 rings (SSSR count). The highest BCUT2D eigenvalue weighted by Gasteiger charge is 2.21. The molecule has 0 saturated heterocycles. The van der Waals surface area contributed by atoms with Crippen molar-refractivity contribution in [2.45, 2.75) is 46.6 Å². The second-order valence-electron chi connectivity index (χ2n) is 5.62. The van der Waals surface area contributed by atoms with E-state index in [0.29, 0.717) is 19.6 Å². The minimum Gasteiger partial charge on any atom is -0.443 e. The van der Waals surface area contributed by atoms with Crippen LogP contribution in [0.25, 0.3) is 0 Å². The fourth-order valence-electron chi connectivity index (χ4n) is 0.999. The van der Waals surface area contributed by atoms with Crippen molar-refractivity contribution in [1.82, 2.24) is 5.32 Å². The van der Waals surface area contributed by atoms with E-state index in [1.165, 1.54) is 0 Å². The lowest BCUT2D eigenvalue weighted by Gasteiger charge is -2.24. The number of nitrogens with one attached hydrogen (secondary N) is 1. The Morgan fingerprint density at radius 1 is 1.15 bits per heavy atom. The van der Waals surface area contributed by atoms with Gasteiger partial charge in [-0.3, -0.25) is 0 Å². The average molecular weight is 293 g/mol. The fourth-order valence-corrected chi connectivity index (χ4v) is 0.999. The maximum atomic E-state index is 11.2. The molecule has 0 heterocycles. The van der Waals surface area contributed by atoms with Gasteiger partial charge >= 0.3 is 6.09 Å². The zero-order chi connectivity index (χ0) is 16.0. The standard InChI is InChI=1S/C10H21NO5.C4H10/c1-10(2,3-5-12)16-9(14)11-4-7-15-8-6-13;1-4(2)3/h12-13H,3-8H2,1-2H3,(H,11,14);4H,1-3H3. The molecule has 122 valence electrons. The van der Waals surface area contributed by atoms with Crippen LogP contribution in [-0.4, -0.2) is 54.9 Å². The molecule has 0 unspecified atom stereocenters. The summed E-state index contributed by atoms with van der Waals surface area (Å²) in [6.07, 6.45) is -0.146. The van der Waals surface area contributed by atoms with Crippen LogP contribution in [0.4, 0.5) is 4.79 Å². The van der Waals surface area contributed by atoms with Gasteiger partial charge in [0, 0.05) is 19.6 Å². The van der Waals surface area contributed by atoms with Gasteiger partial charge < -0.3 is 25.0 Å². The monoisotopic (exact) mass is 293 g/mol. The van der Waals surface area contributed by atoms with Gasteiger partial charge in [-0.25, -0.2) is 4.79 Å². The van der Waals surface area contributed by atoms with Crippen molar-refractivity contribution in [2.75, 3.05) is 33.0 Å². The van der Waals surface area contributed by atoms with Crippen molar-refractivity contribution in [3.05, 3.63) is 0 Å². The van der Waals surface area contributed by atoms with Crippen LogP contribution in [0.1, 0.15) is 41.0 Å². The average Bonchev–Trinajstić information content (AvgIpc) is 2.27. The summed E-state index contributed by atoms with van der Waals surface area (Å²) in [6.45, 7) is 10.8. The van der Waals surface area contributed by atoms with Crippen molar-refractivity contribution in [3.63, 3.8) is 0 Å². The number of ether oxygens (including phenoxy) is 2. The van der Waals surface area contributed by atoms with Gasteiger partial charge in [-0.15, -0.1) is 0 Å². The van der Waals surface area contributed by atoms with Crippen molar-refractivity contribution in [1.29, 1.82) is 0 Å². The molecular weight excluding hydrogens is 262 g/mol. The minimum atomic E-state index is -0.676. The van der Waals surface area contributed by atoms with Gasteiger partial charge in [0.15, 0.2) is 0 Å². The first-order valence-electron chi connectivity index (χ1n) is 7.01. The first-order chi connectivity index (χ1) is 9.25. The summed E-state index contributed by atoms with van der Waals surface area (Å²) >= 11 is 0. The SMILES string of the molecule is CC(C)(CCO)OC(=O)NCCOCCO.CC(C)C. The molecule has 0 bridgehead atoms. The number of aliphatic hydroxyl groups is 2. The Bertz CT molecular complexity index is 229. The summed E-state index contributed by atoms with van der Waals surface area (Å²) in [7, 11) is 0. The molecule has 6 heteroatoms. The molecule has 0 spiro atoms. The van der Waals surface area contributed by atoms with E-state index in [2.05, 4.69) is 26.1 Å². The van der Waals surface area contributed by atoms with E-state index in [1.54, 1.807) is 13.8 Å². The summed E-state index contributed by atoms with van der Waals surface area (Å²) in [6, 6.07) is 0. The molecule has 1 amide bonds. The third-order valence-electron chi connectivity index (χ3n) is 1.83. The number of rotatable bonds is 8. The van der Waals surface area contributed by atoms with Gasteiger partial charge in [-0.2, -0.15) is 0 Å². The van der Waals surface area contributed by atoms with E-state index in [4.69, 9.17) is 19.7 Å². The summed E-state index contributed by atoms with van der Waals surface area (Å²) in [5, 5.41) is 19.7. The summed E-state index contributed by atoms with van der Waals surface area (Å²) in [5.41, 5.74) is -0.676. The van der Waals surface area contributed by atoms with Gasteiger partial charge in [0.1, 0.15) is 5.60 Å². The molecule has 6 nitrogen and oxygen atoms in total. The topological polar surface area (TPSA) is 88.0 Å². The molecule has 0 atom stereocenters. The molecule has 0 aliphatic carbocycles. The third-order valence-corrected chi connectivity index (χ3v) is 1.83. The van der Waals surface area contributed by atoms with Gasteiger partial charge in [-0.1, -0.05) is 20.8 Å². The van der Waals surface area contributed by atoms with Crippen molar-refractivity contribution in [3.8, 4) is 0 Å². The second-order valence-corrected chi connectivity index (χ2v) is 5.62. The number of amides is 1. The number of carbonyl (C=O) groups is 1. The highest BCUT2D eigenvalue weighted by molar-refractivity contribution is 5.67. The number of hydrogen-bond acceptors (Lipinski definition) is 5. The normalized spacial score (nSPS) is 10.8.